The number of morpholine rings is 1. The van der Waals surface area contributed by atoms with Gasteiger partial charge in [-0.15, -0.1) is 0 Å². The largest absolute Gasteiger partial charge is 0.373 e. The lowest BCUT2D eigenvalue weighted by Crippen LogP contribution is -2.52. The van der Waals surface area contributed by atoms with E-state index in [1.807, 2.05) is 12.3 Å². The van der Waals surface area contributed by atoms with Gasteiger partial charge < -0.3 is 9.64 Å². The highest BCUT2D eigenvalue weighted by Gasteiger charge is 2.44. The van der Waals surface area contributed by atoms with E-state index >= 15 is 0 Å². The predicted octanol–water partition coefficient (Wildman–Crippen LogP) is 0.108. The minimum absolute atomic E-state index is 0.162. The Balaban J connectivity index is 1.57. The Morgan fingerprint density at radius 1 is 1.52 bits per heavy atom. The lowest BCUT2D eigenvalue weighted by atomic mass is 10.1. The molecule has 2 saturated heterocycles. The summed E-state index contributed by atoms with van der Waals surface area (Å²) in [5.74, 6) is -3.05. The molecular formula is C13H18F2N4O2. The minimum atomic E-state index is -2.79. The van der Waals surface area contributed by atoms with Crippen molar-refractivity contribution in [2.75, 3.05) is 26.2 Å². The van der Waals surface area contributed by atoms with E-state index in [1.165, 1.54) is 0 Å². The monoisotopic (exact) mass is 300 g/mol. The van der Waals surface area contributed by atoms with Crippen LogP contribution in [0.5, 0.6) is 0 Å². The molecule has 0 aromatic carbocycles. The van der Waals surface area contributed by atoms with Crippen molar-refractivity contribution >= 4 is 5.91 Å². The first-order chi connectivity index (χ1) is 10.0. The normalized spacial score (nSPS) is 28.8. The second-order valence-electron chi connectivity index (χ2n) is 5.50. The van der Waals surface area contributed by atoms with Crippen molar-refractivity contribution in [3.05, 3.63) is 18.5 Å². The average Bonchev–Trinajstić information content (AvgIpc) is 3.08. The number of aromatic nitrogens is 2. The Bertz CT molecular complexity index is 494. The summed E-state index contributed by atoms with van der Waals surface area (Å²) in [6.07, 6.45) is 2.91. The lowest BCUT2D eigenvalue weighted by Gasteiger charge is -2.34. The number of nitrogens with zero attached hydrogens (tertiary/aromatic N) is 3. The van der Waals surface area contributed by atoms with Crippen LogP contribution in [0.2, 0.25) is 0 Å². The van der Waals surface area contributed by atoms with E-state index in [4.69, 9.17) is 4.74 Å². The highest BCUT2D eigenvalue weighted by atomic mass is 19.3. The van der Waals surface area contributed by atoms with Gasteiger partial charge >= 0.3 is 0 Å². The van der Waals surface area contributed by atoms with Crippen molar-refractivity contribution in [2.45, 2.75) is 31.0 Å². The fourth-order valence-corrected chi connectivity index (χ4v) is 2.76. The number of alkyl halides is 2. The van der Waals surface area contributed by atoms with Gasteiger partial charge in [0.2, 0.25) is 5.91 Å². The van der Waals surface area contributed by atoms with E-state index in [1.54, 1.807) is 15.8 Å². The summed E-state index contributed by atoms with van der Waals surface area (Å²) in [6.45, 7) is 1.39. The molecule has 0 aliphatic carbocycles. The first-order valence-electron chi connectivity index (χ1n) is 7.02. The molecule has 2 atom stereocenters. The van der Waals surface area contributed by atoms with Gasteiger partial charge in [-0.05, 0) is 6.07 Å². The van der Waals surface area contributed by atoms with Crippen molar-refractivity contribution in [1.29, 1.82) is 0 Å². The summed E-state index contributed by atoms with van der Waals surface area (Å²) in [7, 11) is 0. The minimum Gasteiger partial charge on any atom is -0.373 e. The van der Waals surface area contributed by atoms with Crippen LogP contribution in [-0.2, 0) is 16.1 Å². The highest BCUT2D eigenvalue weighted by molar-refractivity contribution is 5.82. The summed E-state index contributed by atoms with van der Waals surface area (Å²) >= 11 is 0. The summed E-state index contributed by atoms with van der Waals surface area (Å²) in [6, 6.07) is 1.03. The van der Waals surface area contributed by atoms with Gasteiger partial charge in [-0.25, -0.2) is 8.78 Å². The van der Waals surface area contributed by atoms with Crippen molar-refractivity contribution in [1.82, 2.24) is 20.0 Å². The molecule has 21 heavy (non-hydrogen) atoms. The first-order valence-corrected chi connectivity index (χ1v) is 7.02. The van der Waals surface area contributed by atoms with Crippen molar-refractivity contribution in [3.63, 3.8) is 0 Å². The number of hydrogen-bond donors (Lipinski definition) is 1. The molecule has 8 heteroatoms. The third-order valence-corrected chi connectivity index (χ3v) is 3.81. The van der Waals surface area contributed by atoms with Crippen LogP contribution in [0, 0.1) is 0 Å². The fourth-order valence-electron chi connectivity index (χ4n) is 2.76. The van der Waals surface area contributed by atoms with Crippen molar-refractivity contribution in [2.24, 2.45) is 0 Å². The van der Waals surface area contributed by atoms with Crippen LogP contribution in [0.1, 0.15) is 6.42 Å². The molecule has 116 valence electrons. The lowest BCUT2D eigenvalue weighted by molar-refractivity contribution is -0.141. The number of ether oxygens (including phenoxy) is 1. The van der Waals surface area contributed by atoms with E-state index in [2.05, 4.69) is 10.4 Å². The van der Waals surface area contributed by atoms with Gasteiger partial charge in [-0.2, -0.15) is 5.10 Å². The van der Waals surface area contributed by atoms with Crippen LogP contribution >= 0.6 is 0 Å². The Morgan fingerprint density at radius 2 is 2.38 bits per heavy atom. The van der Waals surface area contributed by atoms with Gasteiger partial charge in [-0.3, -0.25) is 14.8 Å². The Kier molecular flexibility index (Phi) is 3.90. The topological polar surface area (TPSA) is 59.4 Å². The van der Waals surface area contributed by atoms with E-state index in [0.717, 1.165) is 0 Å². The van der Waals surface area contributed by atoms with Crippen LogP contribution in [0.4, 0.5) is 8.78 Å². The molecule has 0 saturated carbocycles. The number of carbonyl (C=O) groups excluding carboxylic acids is 1. The molecule has 2 fully saturated rings. The number of carbonyl (C=O) groups is 1. The number of rotatable bonds is 3. The van der Waals surface area contributed by atoms with Crippen LogP contribution < -0.4 is 5.32 Å². The van der Waals surface area contributed by atoms with Crippen LogP contribution in [-0.4, -0.2) is 64.9 Å². The average molecular weight is 300 g/mol. The number of nitrogens with one attached hydrogen (secondary N) is 1. The van der Waals surface area contributed by atoms with Crippen molar-refractivity contribution < 1.29 is 18.3 Å². The molecule has 2 unspecified atom stereocenters. The summed E-state index contributed by atoms with van der Waals surface area (Å²) < 4.78 is 33.7. The smallest absolute Gasteiger partial charge is 0.262 e. The van der Waals surface area contributed by atoms with E-state index in [-0.39, 0.29) is 12.0 Å². The second-order valence-corrected chi connectivity index (χ2v) is 5.50. The quantitative estimate of drug-likeness (QED) is 0.861. The molecule has 1 aromatic heterocycles. The van der Waals surface area contributed by atoms with Gasteiger partial charge in [0.1, 0.15) is 0 Å². The molecule has 3 heterocycles. The second kappa shape index (κ2) is 5.69. The standard InChI is InChI=1S/C13H18F2N4O2/c14-13(15)6-11(16-9-13)12(20)18-4-5-21-10(7-18)8-19-3-1-2-17-19/h1-3,10-11,16H,4-9H2. The van der Waals surface area contributed by atoms with E-state index < -0.39 is 24.9 Å². The third-order valence-electron chi connectivity index (χ3n) is 3.81. The molecule has 2 aliphatic rings. The van der Waals surface area contributed by atoms with Crippen LogP contribution in [0.25, 0.3) is 0 Å². The summed E-state index contributed by atoms with van der Waals surface area (Å²) in [5, 5.41) is 6.70. The first kappa shape index (κ1) is 14.4. The zero-order valence-corrected chi connectivity index (χ0v) is 11.5. The van der Waals surface area contributed by atoms with Crippen LogP contribution in [0.15, 0.2) is 18.5 Å². The molecule has 0 spiro atoms. The summed E-state index contributed by atoms with van der Waals surface area (Å²) in [4.78, 5) is 13.9. The maximum Gasteiger partial charge on any atom is 0.262 e. The molecule has 1 N–H and O–H groups in total. The van der Waals surface area contributed by atoms with Gasteiger partial charge in [0.05, 0.1) is 31.8 Å². The predicted molar refractivity (Wildman–Crippen MR) is 69.9 cm³/mol. The molecule has 6 nitrogen and oxygen atoms in total. The molecular weight excluding hydrogens is 282 g/mol. The third kappa shape index (κ3) is 3.38. The van der Waals surface area contributed by atoms with Gasteiger partial charge in [0, 0.05) is 31.9 Å². The number of halogens is 2. The molecule has 0 radical (unpaired) electrons. The van der Waals surface area contributed by atoms with E-state index in [9.17, 15) is 13.6 Å². The molecule has 3 rings (SSSR count). The van der Waals surface area contributed by atoms with Gasteiger partial charge in [-0.1, -0.05) is 0 Å². The summed E-state index contributed by atoms with van der Waals surface area (Å²) in [5.41, 5.74) is 0. The zero-order chi connectivity index (χ0) is 14.9. The molecule has 1 aromatic rings. The fraction of sp³-hybridized carbons (Fsp3) is 0.692. The maximum absolute atomic E-state index is 13.2. The van der Waals surface area contributed by atoms with Crippen LogP contribution in [0.3, 0.4) is 0 Å². The maximum atomic E-state index is 13.2. The Morgan fingerprint density at radius 3 is 3.05 bits per heavy atom. The zero-order valence-electron chi connectivity index (χ0n) is 11.5. The SMILES string of the molecule is O=C(C1CC(F)(F)CN1)N1CCOC(Cn2cccn2)C1. The van der Waals surface area contributed by atoms with E-state index in [0.29, 0.717) is 26.2 Å². The Labute approximate surface area is 121 Å². The van der Waals surface area contributed by atoms with Gasteiger partial charge in [0.15, 0.2) is 0 Å². The molecule has 0 bridgehead atoms. The molecule has 1 amide bonds. The van der Waals surface area contributed by atoms with Gasteiger partial charge in [0.25, 0.3) is 5.92 Å². The Hall–Kier alpha value is -1.54. The molecule has 2 aliphatic heterocycles. The number of amides is 1. The highest BCUT2D eigenvalue weighted by Crippen LogP contribution is 2.26. The number of hydrogen-bond acceptors (Lipinski definition) is 4. The van der Waals surface area contributed by atoms with Crippen molar-refractivity contribution in [3.8, 4) is 0 Å².